The van der Waals surface area contributed by atoms with E-state index < -0.39 is 0 Å². The van der Waals surface area contributed by atoms with Crippen LogP contribution < -0.4 is 0 Å². The Hall–Kier alpha value is -3.49. The highest BCUT2D eigenvalue weighted by Crippen LogP contribution is 2.34. The summed E-state index contributed by atoms with van der Waals surface area (Å²) in [5.74, 6) is -0.466. The van der Waals surface area contributed by atoms with Crippen LogP contribution in [0, 0.1) is 23.0 Å². The van der Waals surface area contributed by atoms with Crippen LogP contribution in [-0.2, 0) is 6.54 Å². The maximum atomic E-state index is 14.8. The second-order valence-corrected chi connectivity index (χ2v) is 8.41. The van der Waals surface area contributed by atoms with Crippen LogP contribution >= 0.6 is 0 Å². The van der Waals surface area contributed by atoms with Crippen LogP contribution in [0.2, 0.25) is 0 Å². The smallest absolute Gasteiger partial charge is 0.127 e. The molecule has 3 nitrogen and oxygen atoms in total. The Bertz CT molecular complexity index is 1300. The van der Waals surface area contributed by atoms with Crippen molar-refractivity contribution in [2.24, 2.45) is 0 Å². The molecule has 1 fully saturated rings. The Balaban J connectivity index is 1.46. The van der Waals surface area contributed by atoms with Gasteiger partial charge in [-0.1, -0.05) is 30.7 Å². The first-order valence-electron chi connectivity index (χ1n) is 10.9. The van der Waals surface area contributed by atoms with Crippen molar-refractivity contribution in [3.63, 3.8) is 0 Å². The number of hydrogen-bond donors (Lipinski definition) is 1. The van der Waals surface area contributed by atoms with E-state index in [0.29, 0.717) is 17.7 Å². The highest BCUT2D eigenvalue weighted by atomic mass is 19.1. The number of nitrogens with zero attached hydrogens (tertiary/aromatic N) is 2. The van der Waals surface area contributed by atoms with E-state index in [9.17, 15) is 14.0 Å². The molecule has 32 heavy (non-hydrogen) atoms. The quantitative estimate of drug-likeness (QED) is 0.393. The molecule has 160 valence electrons. The third-order valence-corrected chi connectivity index (χ3v) is 6.42. The standard InChI is InChI=1S/C27H23F2N3/c28-23-8-4-18(5-9-23)27-3-1-2-12-32(27)17-21-13-19(6-10-25(21)29)20-7-11-26-24(14-20)22(15-30)16-31-26/h4-11,13-14,16,27,31H,1-3,12,17H2. The number of benzene rings is 3. The first kappa shape index (κ1) is 20.4. The average Bonchev–Trinajstić information content (AvgIpc) is 3.24. The molecule has 5 rings (SSSR count). The summed E-state index contributed by atoms with van der Waals surface area (Å²) in [6.07, 6.45) is 4.86. The van der Waals surface area contributed by atoms with Crippen molar-refractivity contribution in [1.82, 2.24) is 9.88 Å². The average molecular weight is 427 g/mol. The molecular formula is C27H23F2N3. The normalized spacial score (nSPS) is 16.8. The minimum absolute atomic E-state index is 0.154. The zero-order valence-electron chi connectivity index (χ0n) is 17.6. The molecule has 0 radical (unpaired) electrons. The number of hydrogen-bond acceptors (Lipinski definition) is 2. The SMILES string of the molecule is N#Cc1c[nH]c2ccc(-c3ccc(F)c(CN4CCCCC4c4ccc(F)cc4)c3)cc12. The van der Waals surface area contributed by atoms with Gasteiger partial charge in [0.05, 0.1) is 5.56 Å². The van der Waals surface area contributed by atoms with Gasteiger partial charge in [-0.2, -0.15) is 5.26 Å². The fraction of sp³-hybridized carbons (Fsp3) is 0.222. The van der Waals surface area contributed by atoms with Crippen molar-refractivity contribution in [3.8, 4) is 17.2 Å². The van der Waals surface area contributed by atoms with Gasteiger partial charge in [-0.15, -0.1) is 0 Å². The molecule has 4 aromatic rings. The largest absolute Gasteiger partial charge is 0.360 e. The van der Waals surface area contributed by atoms with Crippen LogP contribution in [0.4, 0.5) is 8.78 Å². The third kappa shape index (κ3) is 3.90. The zero-order valence-corrected chi connectivity index (χ0v) is 17.6. The lowest BCUT2D eigenvalue weighted by Gasteiger charge is -2.36. The Morgan fingerprint density at radius 1 is 0.969 bits per heavy atom. The van der Waals surface area contributed by atoms with Gasteiger partial charge in [0.1, 0.15) is 17.7 Å². The van der Waals surface area contributed by atoms with Crippen LogP contribution in [0.25, 0.3) is 22.0 Å². The molecule has 0 spiro atoms. The van der Waals surface area contributed by atoms with E-state index in [1.54, 1.807) is 12.3 Å². The van der Waals surface area contributed by atoms with Crippen molar-refractivity contribution < 1.29 is 8.78 Å². The van der Waals surface area contributed by atoms with Gasteiger partial charge in [-0.3, -0.25) is 4.90 Å². The molecule has 0 saturated carbocycles. The van der Waals surface area contributed by atoms with E-state index in [0.717, 1.165) is 53.4 Å². The van der Waals surface area contributed by atoms with Crippen LogP contribution in [0.3, 0.4) is 0 Å². The van der Waals surface area contributed by atoms with Crippen molar-refractivity contribution in [1.29, 1.82) is 5.26 Å². The predicted octanol–water partition coefficient (Wildman–Crippen LogP) is 6.71. The molecule has 3 aromatic carbocycles. The van der Waals surface area contributed by atoms with E-state index in [2.05, 4.69) is 16.0 Å². The zero-order chi connectivity index (χ0) is 22.1. The molecule has 1 aliphatic heterocycles. The summed E-state index contributed by atoms with van der Waals surface area (Å²) in [7, 11) is 0. The third-order valence-electron chi connectivity index (χ3n) is 6.42. The molecule has 1 N–H and O–H groups in total. The number of aromatic amines is 1. The number of H-pyrrole nitrogens is 1. The Morgan fingerprint density at radius 2 is 1.75 bits per heavy atom. The number of rotatable bonds is 4. The van der Waals surface area contributed by atoms with E-state index in [-0.39, 0.29) is 17.7 Å². The highest BCUT2D eigenvalue weighted by molar-refractivity contribution is 5.89. The molecule has 1 aromatic heterocycles. The lowest BCUT2D eigenvalue weighted by molar-refractivity contribution is 0.139. The number of piperidine rings is 1. The van der Waals surface area contributed by atoms with Gasteiger partial charge in [-0.25, -0.2) is 8.78 Å². The summed E-state index contributed by atoms with van der Waals surface area (Å²) < 4.78 is 28.2. The van der Waals surface area contributed by atoms with Crippen LogP contribution in [-0.4, -0.2) is 16.4 Å². The summed E-state index contributed by atoms with van der Waals surface area (Å²) in [6.45, 7) is 1.38. The van der Waals surface area contributed by atoms with Gasteiger partial charge in [0.25, 0.3) is 0 Å². The maximum absolute atomic E-state index is 14.8. The first-order chi connectivity index (χ1) is 15.6. The van der Waals surface area contributed by atoms with Gasteiger partial charge < -0.3 is 4.98 Å². The minimum Gasteiger partial charge on any atom is -0.360 e. The fourth-order valence-electron chi connectivity index (χ4n) is 4.73. The summed E-state index contributed by atoms with van der Waals surface area (Å²) in [4.78, 5) is 5.40. The van der Waals surface area contributed by atoms with Gasteiger partial charge in [0.15, 0.2) is 0 Å². The van der Waals surface area contributed by atoms with E-state index in [1.165, 1.54) is 18.2 Å². The molecule has 0 amide bonds. The van der Waals surface area contributed by atoms with E-state index >= 15 is 0 Å². The highest BCUT2D eigenvalue weighted by Gasteiger charge is 2.25. The van der Waals surface area contributed by atoms with Gasteiger partial charge in [-0.05, 0) is 72.5 Å². The number of aromatic nitrogens is 1. The summed E-state index contributed by atoms with van der Waals surface area (Å²) in [5.41, 5.74) is 5.09. The molecule has 1 saturated heterocycles. The van der Waals surface area contributed by atoms with Crippen LogP contribution in [0.1, 0.15) is 42.0 Å². The predicted molar refractivity (Wildman–Crippen MR) is 122 cm³/mol. The molecule has 2 heterocycles. The molecule has 0 aliphatic carbocycles. The number of nitrogens with one attached hydrogen (secondary N) is 1. The number of fused-ring (bicyclic) bond motifs is 1. The molecular weight excluding hydrogens is 404 g/mol. The topological polar surface area (TPSA) is 42.8 Å². The number of nitriles is 1. The number of likely N-dealkylation sites (tertiary alicyclic amines) is 1. The van der Waals surface area contributed by atoms with Crippen molar-refractivity contribution in [3.05, 3.63) is 95.2 Å². The lowest BCUT2D eigenvalue weighted by atomic mass is 9.94. The lowest BCUT2D eigenvalue weighted by Crippen LogP contribution is -2.33. The van der Waals surface area contributed by atoms with E-state index in [1.807, 2.05) is 36.4 Å². The van der Waals surface area contributed by atoms with Crippen molar-refractivity contribution in [2.45, 2.75) is 31.8 Å². The number of halogens is 2. The van der Waals surface area contributed by atoms with Gasteiger partial charge in [0, 0.05) is 35.2 Å². The second kappa shape index (κ2) is 8.57. The first-order valence-corrected chi connectivity index (χ1v) is 10.9. The van der Waals surface area contributed by atoms with Gasteiger partial charge in [0.2, 0.25) is 0 Å². The van der Waals surface area contributed by atoms with E-state index in [4.69, 9.17) is 0 Å². The summed E-state index contributed by atoms with van der Waals surface area (Å²) in [6, 6.07) is 20.2. The maximum Gasteiger partial charge on any atom is 0.127 e. The second-order valence-electron chi connectivity index (χ2n) is 8.41. The molecule has 1 atom stereocenters. The van der Waals surface area contributed by atoms with Gasteiger partial charge >= 0.3 is 0 Å². The van der Waals surface area contributed by atoms with Crippen LogP contribution in [0.5, 0.6) is 0 Å². The van der Waals surface area contributed by atoms with Crippen molar-refractivity contribution in [2.75, 3.05) is 6.54 Å². The minimum atomic E-state index is -0.242. The Morgan fingerprint density at radius 3 is 2.56 bits per heavy atom. The van der Waals surface area contributed by atoms with Crippen molar-refractivity contribution >= 4 is 10.9 Å². The molecule has 1 unspecified atom stereocenters. The molecule has 1 aliphatic rings. The Kier molecular flexibility index (Phi) is 5.46. The van der Waals surface area contributed by atoms with Crippen LogP contribution in [0.15, 0.2) is 66.9 Å². The monoisotopic (exact) mass is 427 g/mol. The summed E-state index contributed by atoms with van der Waals surface area (Å²) >= 11 is 0. The Labute approximate surface area is 185 Å². The summed E-state index contributed by atoms with van der Waals surface area (Å²) in [5, 5.41) is 10.2. The molecule has 0 bridgehead atoms. The fourth-order valence-corrected chi connectivity index (χ4v) is 4.73. The molecule has 5 heteroatoms.